The summed E-state index contributed by atoms with van der Waals surface area (Å²) in [4.78, 5) is 11.5. The van der Waals surface area contributed by atoms with Crippen LogP contribution in [0.3, 0.4) is 0 Å². The fraction of sp³-hybridized carbons (Fsp3) is 0.667. The normalized spacial score (nSPS) is 16.8. The molecule has 0 spiro atoms. The lowest BCUT2D eigenvalue weighted by atomic mass is 10.1. The number of ketones is 1. The zero-order chi connectivity index (χ0) is 10.4. The summed E-state index contributed by atoms with van der Waals surface area (Å²) in [5.41, 5.74) is 0.625. The van der Waals surface area contributed by atoms with Gasteiger partial charge in [0.05, 0.1) is 5.38 Å². The summed E-state index contributed by atoms with van der Waals surface area (Å²) < 4.78 is 0. The molecular weight excluding hydrogens is 230 g/mol. The van der Waals surface area contributed by atoms with Gasteiger partial charge in [-0.1, -0.05) is 6.08 Å². The Bertz CT molecular complexity index is 197. The number of hydrogen-bond acceptors (Lipinski definition) is 1. The fourth-order valence-electron chi connectivity index (χ4n) is 0.923. The minimum absolute atomic E-state index is 0.0881. The lowest BCUT2D eigenvalue weighted by molar-refractivity contribution is -0.115. The third-order valence-corrected chi connectivity index (χ3v) is 1.99. The highest BCUT2D eigenvalue weighted by Gasteiger charge is 2.15. The Balaban J connectivity index is 4.50. The van der Waals surface area contributed by atoms with Gasteiger partial charge in [-0.05, 0) is 25.8 Å². The number of alkyl halides is 3. The topological polar surface area (TPSA) is 17.1 Å². The molecule has 1 nitrogen and oxygen atoms in total. The monoisotopic (exact) mass is 242 g/mol. The molecule has 0 heterocycles. The summed E-state index contributed by atoms with van der Waals surface area (Å²) in [5.74, 6) is 0.319. The van der Waals surface area contributed by atoms with Crippen molar-refractivity contribution in [2.24, 2.45) is 0 Å². The smallest absolute Gasteiger partial charge is 0.176 e. The Morgan fingerprint density at radius 3 is 2.23 bits per heavy atom. The summed E-state index contributed by atoms with van der Waals surface area (Å²) in [6, 6.07) is 0. The van der Waals surface area contributed by atoms with Crippen LogP contribution >= 0.6 is 34.8 Å². The Hall–Kier alpha value is 0.280. The fourth-order valence-corrected chi connectivity index (χ4v) is 1.42. The van der Waals surface area contributed by atoms with Crippen molar-refractivity contribution in [3.63, 3.8) is 0 Å². The van der Waals surface area contributed by atoms with E-state index in [0.717, 1.165) is 0 Å². The van der Waals surface area contributed by atoms with Crippen LogP contribution in [0.5, 0.6) is 0 Å². The van der Waals surface area contributed by atoms with Crippen molar-refractivity contribution in [1.82, 2.24) is 0 Å². The zero-order valence-corrected chi connectivity index (χ0v) is 9.96. The van der Waals surface area contributed by atoms with E-state index in [2.05, 4.69) is 0 Å². The highest BCUT2D eigenvalue weighted by Crippen LogP contribution is 2.13. The first-order chi connectivity index (χ1) is 5.99. The third kappa shape index (κ3) is 5.56. The third-order valence-electron chi connectivity index (χ3n) is 1.47. The number of carbonyl (C=O) groups is 1. The Morgan fingerprint density at radius 2 is 1.92 bits per heavy atom. The highest BCUT2D eigenvalue weighted by molar-refractivity contribution is 6.33. The van der Waals surface area contributed by atoms with Crippen LogP contribution < -0.4 is 0 Å². The average molecular weight is 244 g/mol. The molecule has 0 rings (SSSR count). The van der Waals surface area contributed by atoms with Crippen molar-refractivity contribution >= 4 is 40.6 Å². The molecule has 0 N–H and O–H groups in total. The maximum Gasteiger partial charge on any atom is 0.176 e. The van der Waals surface area contributed by atoms with E-state index in [4.69, 9.17) is 34.8 Å². The Kier molecular flexibility index (Phi) is 6.84. The first-order valence-corrected chi connectivity index (χ1v) is 5.48. The summed E-state index contributed by atoms with van der Waals surface area (Å²) >= 11 is 17.0. The number of Topliss-reactive ketones (excluding diaryl/α,β-unsaturated/α-hetero) is 1. The van der Waals surface area contributed by atoms with E-state index in [9.17, 15) is 4.79 Å². The highest BCUT2D eigenvalue weighted by atomic mass is 35.5. The molecule has 0 radical (unpaired) electrons. The second-order valence-corrected chi connectivity index (χ2v) is 4.51. The van der Waals surface area contributed by atoms with Gasteiger partial charge in [-0.25, -0.2) is 0 Å². The van der Waals surface area contributed by atoms with Crippen molar-refractivity contribution in [3.8, 4) is 0 Å². The molecule has 76 valence electrons. The number of rotatable bonds is 5. The first-order valence-electron chi connectivity index (χ1n) is 4.08. The van der Waals surface area contributed by atoms with Crippen molar-refractivity contribution in [3.05, 3.63) is 11.6 Å². The minimum atomic E-state index is -0.509. The molecule has 0 aliphatic carbocycles. The Morgan fingerprint density at radius 1 is 1.38 bits per heavy atom. The van der Waals surface area contributed by atoms with Crippen molar-refractivity contribution in [1.29, 1.82) is 0 Å². The van der Waals surface area contributed by atoms with Gasteiger partial charge in [0.25, 0.3) is 0 Å². The predicted octanol–water partition coefficient (Wildman–Crippen LogP) is 3.37. The molecule has 2 unspecified atom stereocenters. The van der Waals surface area contributed by atoms with Gasteiger partial charge in [-0.3, -0.25) is 4.79 Å². The molecule has 0 aromatic rings. The summed E-state index contributed by atoms with van der Waals surface area (Å²) in [6.07, 6.45) is 2.22. The van der Waals surface area contributed by atoms with Crippen molar-refractivity contribution < 1.29 is 4.79 Å². The van der Waals surface area contributed by atoms with Crippen LogP contribution in [0.1, 0.15) is 20.3 Å². The molecule has 13 heavy (non-hydrogen) atoms. The van der Waals surface area contributed by atoms with Gasteiger partial charge in [-0.15, -0.1) is 34.8 Å². The molecule has 0 bridgehead atoms. The molecular formula is C9H13Cl3O. The predicted molar refractivity (Wildman–Crippen MR) is 59.1 cm³/mol. The average Bonchev–Trinajstić information content (AvgIpc) is 2.01. The van der Waals surface area contributed by atoms with Gasteiger partial charge >= 0.3 is 0 Å². The molecule has 0 aromatic carbocycles. The largest absolute Gasteiger partial charge is 0.293 e. The van der Waals surface area contributed by atoms with Crippen LogP contribution in [-0.2, 0) is 4.79 Å². The van der Waals surface area contributed by atoms with E-state index in [-0.39, 0.29) is 11.2 Å². The number of allylic oxidation sites excluding steroid dienone is 2. The van der Waals surface area contributed by atoms with Gasteiger partial charge < -0.3 is 0 Å². The van der Waals surface area contributed by atoms with Crippen LogP contribution in [0.4, 0.5) is 0 Å². The van der Waals surface area contributed by atoms with E-state index in [1.165, 1.54) is 0 Å². The van der Waals surface area contributed by atoms with E-state index in [0.29, 0.717) is 17.9 Å². The SMILES string of the molecule is CC(Cl)/C=C(\CCCl)C(=O)C(C)Cl. The Labute approximate surface area is 94.0 Å². The number of halogens is 3. The molecule has 0 aliphatic rings. The molecule has 0 aromatic heterocycles. The van der Waals surface area contributed by atoms with Gasteiger partial charge in [0, 0.05) is 11.3 Å². The lowest BCUT2D eigenvalue weighted by Gasteiger charge is -2.07. The van der Waals surface area contributed by atoms with Crippen LogP contribution in [0, 0.1) is 0 Å². The van der Waals surface area contributed by atoms with Gasteiger partial charge in [0.15, 0.2) is 5.78 Å². The lowest BCUT2D eigenvalue weighted by Crippen LogP contribution is -2.14. The molecule has 0 fully saturated rings. The van der Waals surface area contributed by atoms with E-state index < -0.39 is 5.38 Å². The van der Waals surface area contributed by atoms with E-state index in [1.54, 1.807) is 19.9 Å². The molecule has 0 saturated carbocycles. The van der Waals surface area contributed by atoms with Gasteiger partial charge in [0.1, 0.15) is 0 Å². The second kappa shape index (κ2) is 6.69. The number of hydrogen-bond donors (Lipinski definition) is 0. The van der Waals surface area contributed by atoms with E-state index >= 15 is 0 Å². The van der Waals surface area contributed by atoms with Crippen molar-refractivity contribution in [2.75, 3.05) is 5.88 Å². The van der Waals surface area contributed by atoms with Gasteiger partial charge in [0.2, 0.25) is 0 Å². The summed E-state index contributed by atoms with van der Waals surface area (Å²) in [6.45, 7) is 3.44. The standard InChI is InChI=1S/C9H13Cl3O/c1-6(11)5-8(3-4-10)9(13)7(2)12/h5-7H,3-4H2,1-2H3/b8-5+. The second-order valence-electron chi connectivity index (χ2n) is 2.79. The summed E-state index contributed by atoms with van der Waals surface area (Å²) in [7, 11) is 0. The van der Waals surface area contributed by atoms with Crippen LogP contribution in [0.15, 0.2) is 11.6 Å². The van der Waals surface area contributed by atoms with Crippen LogP contribution in [0.25, 0.3) is 0 Å². The number of carbonyl (C=O) groups excluding carboxylic acids is 1. The quantitative estimate of drug-likeness (QED) is 0.534. The molecule has 0 aliphatic heterocycles. The van der Waals surface area contributed by atoms with Crippen LogP contribution in [0.2, 0.25) is 0 Å². The maximum atomic E-state index is 11.5. The molecule has 2 atom stereocenters. The maximum absolute atomic E-state index is 11.5. The molecule has 0 amide bonds. The minimum Gasteiger partial charge on any atom is -0.293 e. The van der Waals surface area contributed by atoms with Crippen molar-refractivity contribution in [2.45, 2.75) is 31.0 Å². The van der Waals surface area contributed by atoms with E-state index in [1.807, 2.05) is 0 Å². The zero-order valence-electron chi connectivity index (χ0n) is 7.69. The van der Waals surface area contributed by atoms with Gasteiger partial charge in [-0.2, -0.15) is 0 Å². The van der Waals surface area contributed by atoms with Crippen LogP contribution in [-0.4, -0.2) is 22.4 Å². The first kappa shape index (κ1) is 13.3. The molecule has 4 heteroatoms. The summed E-state index contributed by atoms with van der Waals surface area (Å²) in [5, 5.41) is -0.678. The molecule has 0 saturated heterocycles.